The molecule has 8 heteroatoms. The molecule has 0 atom stereocenters. The summed E-state index contributed by atoms with van der Waals surface area (Å²) < 4.78 is 30.0. The number of halogens is 3. The minimum atomic E-state index is -2.93. The zero-order valence-corrected chi connectivity index (χ0v) is 15.3. The number of carbonyl (C=O) groups excluding carboxylic acids is 2. The highest BCUT2D eigenvalue weighted by Crippen LogP contribution is 2.19. The maximum atomic E-state index is 12.4. The molecule has 0 spiro atoms. The molecule has 2 aromatic carbocycles. The molecule has 0 saturated heterocycles. The van der Waals surface area contributed by atoms with Crippen LogP contribution in [0.25, 0.3) is 0 Å². The first-order chi connectivity index (χ1) is 12.5. The summed E-state index contributed by atoms with van der Waals surface area (Å²) >= 11 is 3.29. The van der Waals surface area contributed by atoms with Gasteiger partial charge in [-0.2, -0.15) is 8.78 Å². The maximum absolute atomic E-state index is 12.4. The standard InChI is InChI=1S/C18H17BrF2N2O3/c19-14-7-5-12(6-8-14)17(25)22-10-9-16(24)23-11-13-3-1-2-4-15(13)26-18(20)21/h1-8,18H,9-11H2,(H,22,25)(H,23,24). The highest BCUT2D eigenvalue weighted by molar-refractivity contribution is 9.10. The minimum absolute atomic E-state index is 0.0198. The second-order valence-electron chi connectivity index (χ2n) is 5.28. The van der Waals surface area contributed by atoms with Crippen molar-refractivity contribution in [3.05, 3.63) is 64.1 Å². The number of ether oxygens (including phenoxy) is 1. The summed E-state index contributed by atoms with van der Waals surface area (Å²) in [6.07, 6.45) is 0.0696. The van der Waals surface area contributed by atoms with Gasteiger partial charge in [-0.3, -0.25) is 9.59 Å². The van der Waals surface area contributed by atoms with Gasteiger partial charge in [0, 0.05) is 35.1 Å². The number of carbonyl (C=O) groups is 2. The molecule has 26 heavy (non-hydrogen) atoms. The molecule has 0 fully saturated rings. The molecule has 138 valence electrons. The third kappa shape index (κ3) is 6.44. The molecule has 5 nitrogen and oxygen atoms in total. The third-order valence-corrected chi connectivity index (χ3v) is 3.94. The highest BCUT2D eigenvalue weighted by atomic mass is 79.9. The predicted molar refractivity (Wildman–Crippen MR) is 96.0 cm³/mol. The molecule has 0 radical (unpaired) electrons. The number of nitrogens with one attached hydrogen (secondary N) is 2. The Hall–Kier alpha value is -2.48. The minimum Gasteiger partial charge on any atom is -0.434 e. The van der Waals surface area contributed by atoms with E-state index in [1.165, 1.54) is 6.07 Å². The summed E-state index contributed by atoms with van der Waals surface area (Å²) in [4.78, 5) is 23.8. The predicted octanol–water partition coefficient (Wildman–Crippen LogP) is 3.49. The zero-order chi connectivity index (χ0) is 18.9. The van der Waals surface area contributed by atoms with E-state index < -0.39 is 6.61 Å². The lowest BCUT2D eigenvalue weighted by atomic mass is 10.2. The lowest BCUT2D eigenvalue weighted by Gasteiger charge is -2.11. The molecule has 0 aliphatic rings. The van der Waals surface area contributed by atoms with E-state index in [4.69, 9.17) is 0 Å². The van der Waals surface area contributed by atoms with Crippen LogP contribution in [0.2, 0.25) is 0 Å². The Balaban J connectivity index is 1.76. The van der Waals surface area contributed by atoms with Crippen LogP contribution in [0, 0.1) is 0 Å². The molecule has 2 aromatic rings. The molecule has 0 aliphatic heterocycles. The number of hydrogen-bond donors (Lipinski definition) is 2. The topological polar surface area (TPSA) is 67.4 Å². The van der Waals surface area contributed by atoms with Crippen molar-refractivity contribution in [3.8, 4) is 5.75 Å². The molecular formula is C18H17BrF2N2O3. The fourth-order valence-corrected chi connectivity index (χ4v) is 2.40. The Kier molecular flexibility index (Phi) is 7.53. The first-order valence-electron chi connectivity index (χ1n) is 7.79. The summed E-state index contributed by atoms with van der Waals surface area (Å²) in [6.45, 7) is -2.71. The fourth-order valence-electron chi connectivity index (χ4n) is 2.14. The third-order valence-electron chi connectivity index (χ3n) is 3.41. The maximum Gasteiger partial charge on any atom is 0.387 e. The smallest absolute Gasteiger partial charge is 0.387 e. The van der Waals surface area contributed by atoms with Gasteiger partial charge < -0.3 is 15.4 Å². The van der Waals surface area contributed by atoms with Gasteiger partial charge in [0.05, 0.1) is 0 Å². The molecule has 2 amide bonds. The molecule has 0 bridgehead atoms. The Morgan fingerprint density at radius 1 is 1.04 bits per heavy atom. The van der Waals surface area contributed by atoms with Crippen LogP contribution >= 0.6 is 15.9 Å². The molecule has 0 aliphatic carbocycles. The van der Waals surface area contributed by atoms with Crippen molar-refractivity contribution in [2.45, 2.75) is 19.6 Å². The molecule has 0 heterocycles. The number of para-hydroxylation sites is 1. The van der Waals surface area contributed by atoms with Crippen molar-refractivity contribution in [3.63, 3.8) is 0 Å². The van der Waals surface area contributed by atoms with Gasteiger partial charge in [0.1, 0.15) is 5.75 Å². The number of benzene rings is 2. The van der Waals surface area contributed by atoms with Crippen LogP contribution in [-0.2, 0) is 11.3 Å². The van der Waals surface area contributed by atoms with Gasteiger partial charge in [-0.05, 0) is 30.3 Å². The Morgan fingerprint density at radius 2 is 1.73 bits per heavy atom. The summed E-state index contributed by atoms with van der Waals surface area (Å²) in [5.41, 5.74) is 0.937. The first-order valence-corrected chi connectivity index (χ1v) is 8.58. The van der Waals surface area contributed by atoms with Crippen molar-refractivity contribution in [2.75, 3.05) is 6.54 Å². The number of hydrogen-bond acceptors (Lipinski definition) is 3. The van der Waals surface area contributed by atoms with Gasteiger partial charge >= 0.3 is 6.61 Å². The largest absolute Gasteiger partial charge is 0.434 e. The fraction of sp³-hybridized carbons (Fsp3) is 0.222. The lowest BCUT2D eigenvalue weighted by Crippen LogP contribution is -2.30. The Bertz CT molecular complexity index is 754. The van der Waals surface area contributed by atoms with Crippen LogP contribution in [0.4, 0.5) is 8.78 Å². The van der Waals surface area contributed by atoms with Crippen molar-refractivity contribution in [1.82, 2.24) is 10.6 Å². The summed E-state index contributed by atoms with van der Waals surface area (Å²) in [7, 11) is 0. The summed E-state index contributed by atoms with van der Waals surface area (Å²) in [5.74, 6) is -0.569. The van der Waals surface area contributed by atoms with E-state index in [0.717, 1.165) is 4.47 Å². The number of rotatable bonds is 8. The zero-order valence-electron chi connectivity index (χ0n) is 13.7. The number of alkyl halides is 2. The van der Waals surface area contributed by atoms with E-state index in [-0.39, 0.29) is 37.1 Å². The van der Waals surface area contributed by atoms with Crippen LogP contribution in [0.1, 0.15) is 22.3 Å². The Labute approximate surface area is 157 Å². The van der Waals surface area contributed by atoms with Crippen LogP contribution < -0.4 is 15.4 Å². The quantitative estimate of drug-likeness (QED) is 0.678. The van der Waals surface area contributed by atoms with Gasteiger partial charge in [-0.15, -0.1) is 0 Å². The first kappa shape index (κ1) is 19.8. The van der Waals surface area contributed by atoms with Crippen LogP contribution in [0.15, 0.2) is 53.0 Å². The lowest BCUT2D eigenvalue weighted by molar-refractivity contribution is -0.121. The second-order valence-corrected chi connectivity index (χ2v) is 6.19. The average molecular weight is 427 g/mol. The molecule has 2 rings (SSSR count). The molecule has 0 unspecified atom stereocenters. The van der Waals surface area contributed by atoms with E-state index in [9.17, 15) is 18.4 Å². The summed E-state index contributed by atoms with van der Waals surface area (Å²) in [6, 6.07) is 13.1. The van der Waals surface area contributed by atoms with E-state index in [1.54, 1.807) is 42.5 Å². The molecular weight excluding hydrogens is 410 g/mol. The van der Waals surface area contributed by atoms with Gasteiger partial charge in [-0.1, -0.05) is 34.1 Å². The Morgan fingerprint density at radius 3 is 2.42 bits per heavy atom. The monoisotopic (exact) mass is 426 g/mol. The van der Waals surface area contributed by atoms with Crippen LogP contribution in [0.5, 0.6) is 5.75 Å². The van der Waals surface area contributed by atoms with Gasteiger partial charge in [0.25, 0.3) is 5.91 Å². The highest BCUT2D eigenvalue weighted by Gasteiger charge is 2.10. The van der Waals surface area contributed by atoms with Crippen LogP contribution in [0.3, 0.4) is 0 Å². The van der Waals surface area contributed by atoms with Crippen molar-refractivity contribution in [2.24, 2.45) is 0 Å². The van der Waals surface area contributed by atoms with Crippen molar-refractivity contribution >= 4 is 27.7 Å². The van der Waals surface area contributed by atoms with Gasteiger partial charge in [0.15, 0.2) is 0 Å². The average Bonchev–Trinajstić information content (AvgIpc) is 2.61. The van der Waals surface area contributed by atoms with E-state index in [0.29, 0.717) is 11.1 Å². The van der Waals surface area contributed by atoms with Crippen molar-refractivity contribution in [1.29, 1.82) is 0 Å². The molecule has 0 aromatic heterocycles. The van der Waals surface area contributed by atoms with Gasteiger partial charge in [0.2, 0.25) is 5.91 Å². The van der Waals surface area contributed by atoms with E-state index >= 15 is 0 Å². The second kappa shape index (κ2) is 9.86. The van der Waals surface area contributed by atoms with Crippen molar-refractivity contribution < 1.29 is 23.1 Å². The van der Waals surface area contributed by atoms with E-state index in [2.05, 4.69) is 31.3 Å². The summed E-state index contributed by atoms with van der Waals surface area (Å²) in [5, 5.41) is 5.26. The SMILES string of the molecule is O=C(CCNC(=O)c1ccc(Br)cc1)NCc1ccccc1OC(F)F. The number of amides is 2. The molecule has 0 saturated carbocycles. The normalized spacial score (nSPS) is 10.5. The molecule has 2 N–H and O–H groups in total. The van der Waals surface area contributed by atoms with Gasteiger partial charge in [-0.25, -0.2) is 0 Å². The van der Waals surface area contributed by atoms with Crippen LogP contribution in [-0.4, -0.2) is 25.0 Å². The van der Waals surface area contributed by atoms with E-state index in [1.807, 2.05) is 0 Å².